The maximum Gasteiger partial charge on any atom is 0.341 e. The lowest BCUT2D eigenvalue weighted by Gasteiger charge is -2.06. The molecule has 0 spiro atoms. The number of esters is 1. The summed E-state index contributed by atoms with van der Waals surface area (Å²) in [5.41, 5.74) is -0.556. The van der Waals surface area contributed by atoms with E-state index in [0.29, 0.717) is 0 Å². The number of halogens is 1. The zero-order chi connectivity index (χ0) is 25.9. The van der Waals surface area contributed by atoms with Crippen molar-refractivity contribution in [2.45, 2.75) is 6.92 Å². The zero-order valence-corrected chi connectivity index (χ0v) is 19.6. The Morgan fingerprint density at radius 1 is 1.00 bits per heavy atom. The summed E-state index contributed by atoms with van der Waals surface area (Å²) in [7, 11) is 1.12. The number of thiophene rings is 1. The number of nitrogens with zero attached hydrogens (tertiary/aromatic N) is 2. The smallest absolute Gasteiger partial charge is 0.341 e. The van der Waals surface area contributed by atoms with E-state index < -0.39 is 33.3 Å². The molecule has 1 heterocycles. The Hall–Kier alpha value is -4.36. The van der Waals surface area contributed by atoms with Crippen LogP contribution in [0.1, 0.15) is 36.0 Å². The summed E-state index contributed by atoms with van der Waals surface area (Å²) in [6.45, 7) is 1.47. The second-order valence-electron chi connectivity index (χ2n) is 6.89. The molecule has 3 rings (SSSR count). The summed E-state index contributed by atoms with van der Waals surface area (Å²) in [5.74, 6) is -2.30. The first-order valence-electron chi connectivity index (χ1n) is 9.56. The third-order valence-corrected chi connectivity index (χ3v) is 6.22. The Labute approximate surface area is 205 Å². The molecule has 0 atom stereocenters. The van der Waals surface area contributed by atoms with Crippen LogP contribution in [-0.2, 0) is 4.74 Å². The molecule has 0 fully saturated rings. The van der Waals surface area contributed by atoms with Gasteiger partial charge in [-0.15, -0.1) is 11.3 Å². The maximum atomic E-state index is 12.9. The molecule has 1 aromatic heterocycles. The normalized spacial score (nSPS) is 10.4. The third-order valence-electron chi connectivity index (χ3n) is 4.69. The predicted molar refractivity (Wildman–Crippen MR) is 128 cm³/mol. The molecule has 0 aliphatic rings. The van der Waals surface area contributed by atoms with E-state index in [1.165, 1.54) is 37.3 Å². The summed E-state index contributed by atoms with van der Waals surface area (Å²) in [4.78, 5) is 58.8. The highest BCUT2D eigenvalue weighted by atomic mass is 35.5. The van der Waals surface area contributed by atoms with Gasteiger partial charge in [0, 0.05) is 29.4 Å². The summed E-state index contributed by atoms with van der Waals surface area (Å²) < 4.78 is 4.77. The number of nitro benzene ring substituents is 2. The van der Waals surface area contributed by atoms with Crippen LogP contribution in [0.25, 0.3) is 0 Å². The van der Waals surface area contributed by atoms with E-state index >= 15 is 0 Å². The number of hydrogen-bond acceptors (Lipinski definition) is 9. The van der Waals surface area contributed by atoms with E-state index in [-0.39, 0.29) is 43.0 Å². The molecule has 0 saturated carbocycles. The minimum atomic E-state index is -0.828. The molecule has 14 heteroatoms. The number of non-ortho nitro benzene ring substituents is 1. The van der Waals surface area contributed by atoms with E-state index in [1.807, 2.05) is 0 Å². The lowest BCUT2D eigenvalue weighted by Crippen LogP contribution is -2.14. The number of carbonyl (C=O) groups is 3. The Morgan fingerprint density at radius 2 is 1.71 bits per heavy atom. The van der Waals surface area contributed by atoms with Crippen molar-refractivity contribution in [1.29, 1.82) is 0 Å². The molecular weight excluding hydrogens is 504 g/mol. The van der Waals surface area contributed by atoms with Gasteiger partial charge in [0.1, 0.15) is 10.0 Å². The fourth-order valence-electron chi connectivity index (χ4n) is 3.02. The largest absolute Gasteiger partial charge is 0.465 e. The molecule has 3 aromatic rings. The molecular formula is C21H15ClN4O8S. The highest BCUT2D eigenvalue weighted by molar-refractivity contribution is 7.19. The van der Waals surface area contributed by atoms with Crippen molar-refractivity contribution >= 4 is 62.8 Å². The summed E-state index contributed by atoms with van der Waals surface area (Å²) >= 11 is 6.55. The van der Waals surface area contributed by atoms with Gasteiger partial charge < -0.3 is 15.4 Å². The van der Waals surface area contributed by atoms with Crippen molar-refractivity contribution in [1.82, 2.24) is 0 Å². The van der Waals surface area contributed by atoms with Crippen LogP contribution in [0.2, 0.25) is 5.02 Å². The van der Waals surface area contributed by atoms with Crippen molar-refractivity contribution < 1.29 is 29.0 Å². The van der Waals surface area contributed by atoms with Crippen molar-refractivity contribution in [3.63, 3.8) is 0 Å². The van der Waals surface area contributed by atoms with Crippen molar-refractivity contribution in [3.8, 4) is 0 Å². The first-order chi connectivity index (χ1) is 16.5. The second-order valence-corrected chi connectivity index (χ2v) is 8.32. The predicted octanol–water partition coefficient (Wildman–Crippen LogP) is 4.82. The van der Waals surface area contributed by atoms with Crippen LogP contribution in [0.3, 0.4) is 0 Å². The third kappa shape index (κ3) is 5.42. The zero-order valence-electron chi connectivity index (χ0n) is 18.0. The number of nitro groups is 2. The van der Waals surface area contributed by atoms with Gasteiger partial charge in [-0.1, -0.05) is 17.7 Å². The van der Waals surface area contributed by atoms with Crippen LogP contribution in [-0.4, -0.2) is 34.7 Å². The number of ether oxygens (including phenoxy) is 1. The molecule has 2 amide bonds. The highest BCUT2D eigenvalue weighted by Gasteiger charge is 2.27. The minimum absolute atomic E-state index is 0.0267. The van der Waals surface area contributed by atoms with Crippen LogP contribution in [0.4, 0.5) is 22.1 Å². The van der Waals surface area contributed by atoms with Crippen LogP contribution in [0.15, 0.2) is 42.5 Å². The standard InChI is InChI=1S/C21H15ClN4O8S/c1-10-16(21(29)34-2)20(24-18(27)11-6-7-14(22)15(8-11)26(32)33)35-17(10)19(28)23-12-4-3-5-13(9-12)25(30)31/h3-9H,1-2H3,(H,23,28)(H,24,27). The van der Waals surface area contributed by atoms with Crippen LogP contribution in [0.5, 0.6) is 0 Å². The highest BCUT2D eigenvalue weighted by Crippen LogP contribution is 2.35. The number of carbonyl (C=O) groups excluding carboxylic acids is 3. The van der Waals surface area contributed by atoms with Crippen LogP contribution >= 0.6 is 22.9 Å². The quantitative estimate of drug-likeness (QED) is 0.254. The average Bonchev–Trinajstić information content (AvgIpc) is 3.14. The Morgan fingerprint density at radius 3 is 2.34 bits per heavy atom. The molecule has 0 aliphatic carbocycles. The molecule has 12 nitrogen and oxygen atoms in total. The molecule has 0 bridgehead atoms. The maximum absolute atomic E-state index is 12.9. The number of hydrogen-bond donors (Lipinski definition) is 2. The van der Waals surface area contributed by atoms with E-state index in [0.717, 1.165) is 30.6 Å². The van der Waals surface area contributed by atoms with Crippen molar-refractivity contribution in [3.05, 3.63) is 89.3 Å². The summed E-state index contributed by atoms with van der Waals surface area (Å²) in [5, 5.41) is 26.9. The van der Waals surface area contributed by atoms with E-state index in [1.54, 1.807) is 0 Å². The van der Waals surface area contributed by atoms with Gasteiger partial charge in [0.15, 0.2) is 0 Å². The molecule has 0 aliphatic heterocycles. The van der Waals surface area contributed by atoms with Gasteiger partial charge in [-0.25, -0.2) is 4.79 Å². The molecule has 2 aromatic carbocycles. The molecule has 0 radical (unpaired) electrons. The number of nitrogens with one attached hydrogen (secondary N) is 2. The minimum Gasteiger partial charge on any atom is -0.465 e. The Balaban J connectivity index is 1.95. The number of anilines is 2. The number of methoxy groups -OCH3 is 1. The van der Waals surface area contributed by atoms with E-state index in [2.05, 4.69) is 10.6 Å². The summed E-state index contributed by atoms with van der Waals surface area (Å²) in [6, 6.07) is 8.70. The number of benzene rings is 2. The Bertz CT molecular complexity index is 1390. The van der Waals surface area contributed by atoms with Crippen molar-refractivity contribution in [2.75, 3.05) is 17.7 Å². The molecule has 0 saturated heterocycles. The monoisotopic (exact) mass is 518 g/mol. The van der Waals surface area contributed by atoms with Gasteiger partial charge in [0.2, 0.25) is 0 Å². The van der Waals surface area contributed by atoms with Crippen LogP contribution < -0.4 is 10.6 Å². The fraction of sp³-hybridized carbons (Fsp3) is 0.0952. The van der Waals surface area contributed by atoms with Crippen molar-refractivity contribution in [2.24, 2.45) is 0 Å². The molecule has 35 heavy (non-hydrogen) atoms. The van der Waals surface area contributed by atoms with E-state index in [4.69, 9.17) is 16.3 Å². The van der Waals surface area contributed by atoms with E-state index in [9.17, 15) is 34.6 Å². The lowest BCUT2D eigenvalue weighted by atomic mass is 10.1. The average molecular weight is 519 g/mol. The SMILES string of the molecule is COC(=O)c1c(NC(=O)c2ccc(Cl)c([N+](=O)[O-])c2)sc(C(=O)Nc2cccc([N+](=O)[O-])c2)c1C. The fourth-order valence-corrected chi connectivity index (χ4v) is 4.29. The lowest BCUT2D eigenvalue weighted by molar-refractivity contribution is -0.384. The molecule has 2 N–H and O–H groups in total. The molecule has 0 unspecified atom stereocenters. The topological polar surface area (TPSA) is 171 Å². The molecule has 180 valence electrons. The number of rotatable bonds is 7. The van der Waals surface area contributed by atoms with Gasteiger partial charge in [-0.3, -0.25) is 29.8 Å². The van der Waals surface area contributed by atoms with Crippen LogP contribution in [0, 0.1) is 27.2 Å². The first-order valence-corrected chi connectivity index (χ1v) is 10.8. The Kier molecular flexibility index (Phi) is 7.42. The first kappa shape index (κ1) is 25.3. The van der Waals surface area contributed by atoms with Gasteiger partial charge in [-0.2, -0.15) is 0 Å². The van der Waals surface area contributed by atoms with Gasteiger partial charge in [0.05, 0.1) is 27.4 Å². The van der Waals surface area contributed by atoms with Gasteiger partial charge in [-0.05, 0) is 30.7 Å². The number of amides is 2. The van der Waals surface area contributed by atoms with Gasteiger partial charge in [0.25, 0.3) is 23.2 Å². The second kappa shape index (κ2) is 10.3. The van der Waals surface area contributed by atoms with Gasteiger partial charge >= 0.3 is 5.97 Å². The summed E-state index contributed by atoms with van der Waals surface area (Å²) in [6.07, 6.45) is 0.